The van der Waals surface area contributed by atoms with E-state index in [0.717, 1.165) is 17.1 Å². The molecule has 0 aliphatic heterocycles. The molecule has 4 heteroatoms. The Morgan fingerprint density at radius 2 is 2.00 bits per heavy atom. The second kappa shape index (κ2) is 6.71. The van der Waals surface area contributed by atoms with Gasteiger partial charge in [0.2, 0.25) is 0 Å². The lowest BCUT2D eigenvalue weighted by Gasteiger charge is -2.25. The summed E-state index contributed by atoms with van der Waals surface area (Å²) < 4.78 is 5.74. The summed E-state index contributed by atoms with van der Waals surface area (Å²) in [5, 5.41) is 13.3. The normalized spacial score (nSPS) is 11.6. The highest BCUT2D eigenvalue weighted by Crippen LogP contribution is 2.21. The number of aliphatic hydroxyl groups is 1. The van der Waals surface area contributed by atoms with Gasteiger partial charge in [-0.25, -0.2) is 0 Å². The summed E-state index contributed by atoms with van der Waals surface area (Å²) >= 11 is 0. The molecule has 102 valence electrons. The van der Waals surface area contributed by atoms with Gasteiger partial charge in [0.15, 0.2) is 0 Å². The summed E-state index contributed by atoms with van der Waals surface area (Å²) in [6.07, 6.45) is 1.37. The quantitative estimate of drug-likeness (QED) is 0.779. The number of rotatable bonds is 7. The molecule has 0 aromatic carbocycles. The highest BCUT2D eigenvalue weighted by Gasteiger charge is 2.23. The average molecular weight is 252 g/mol. The van der Waals surface area contributed by atoms with E-state index in [1.807, 2.05) is 40.0 Å². The van der Waals surface area contributed by atoms with Gasteiger partial charge in [-0.1, -0.05) is 13.8 Å². The first-order chi connectivity index (χ1) is 8.54. The zero-order chi connectivity index (χ0) is 13.6. The van der Waals surface area contributed by atoms with Gasteiger partial charge in [-0.3, -0.25) is 4.98 Å². The molecule has 0 spiro atoms. The Morgan fingerprint density at radius 1 is 1.33 bits per heavy atom. The molecule has 0 amide bonds. The molecule has 4 nitrogen and oxygen atoms in total. The van der Waals surface area contributed by atoms with E-state index in [1.54, 1.807) is 0 Å². The van der Waals surface area contributed by atoms with Gasteiger partial charge in [-0.15, -0.1) is 0 Å². The second-order valence-electron chi connectivity index (χ2n) is 4.65. The number of nitrogens with zero attached hydrogens (tertiary/aromatic N) is 1. The van der Waals surface area contributed by atoms with Crippen LogP contribution < -0.4 is 10.1 Å². The van der Waals surface area contributed by atoms with Crippen molar-refractivity contribution in [2.24, 2.45) is 0 Å². The number of aromatic nitrogens is 1. The zero-order valence-electron chi connectivity index (χ0n) is 11.8. The maximum Gasteiger partial charge on any atom is 0.142 e. The van der Waals surface area contributed by atoms with Crippen molar-refractivity contribution in [1.82, 2.24) is 10.3 Å². The van der Waals surface area contributed by atoms with Gasteiger partial charge >= 0.3 is 0 Å². The van der Waals surface area contributed by atoms with Crippen LogP contribution in [0.2, 0.25) is 0 Å². The molecule has 1 aromatic rings. The smallest absolute Gasteiger partial charge is 0.142 e. The molecule has 0 saturated heterocycles. The lowest BCUT2D eigenvalue weighted by atomic mass is 9.99. The third-order valence-electron chi connectivity index (χ3n) is 3.23. The van der Waals surface area contributed by atoms with Crippen LogP contribution in [0.5, 0.6) is 5.75 Å². The van der Waals surface area contributed by atoms with Crippen LogP contribution >= 0.6 is 0 Å². The topological polar surface area (TPSA) is 54.4 Å². The molecule has 0 unspecified atom stereocenters. The van der Waals surface area contributed by atoms with Crippen molar-refractivity contribution in [3.05, 3.63) is 23.5 Å². The van der Waals surface area contributed by atoms with E-state index in [4.69, 9.17) is 4.74 Å². The van der Waals surface area contributed by atoms with E-state index in [-0.39, 0.29) is 0 Å². The van der Waals surface area contributed by atoms with E-state index in [9.17, 15) is 5.11 Å². The molecule has 0 saturated carbocycles. The summed E-state index contributed by atoms with van der Waals surface area (Å²) in [6, 6.07) is 3.84. The number of ether oxygens (including phenoxy) is 1. The van der Waals surface area contributed by atoms with Crippen LogP contribution in [0.15, 0.2) is 12.1 Å². The van der Waals surface area contributed by atoms with Crippen molar-refractivity contribution >= 4 is 0 Å². The molecule has 0 bridgehead atoms. The summed E-state index contributed by atoms with van der Waals surface area (Å²) in [4.78, 5) is 4.45. The van der Waals surface area contributed by atoms with Crippen molar-refractivity contribution in [1.29, 1.82) is 0 Å². The van der Waals surface area contributed by atoms with Crippen LogP contribution in [0.25, 0.3) is 0 Å². The molecule has 0 aliphatic carbocycles. The monoisotopic (exact) mass is 252 g/mol. The van der Waals surface area contributed by atoms with Crippen LogP contribution in [-0.4, -0.2) is 29.3 Å². The predicted molar refractivity (Wildman–Crippen MR) is 72.8 cm³/mol. The SMILES string of the molecule is CCC(O)(CC)COc1ccc(C)nc1CNC. The molecular formula is C14H24N2O2. The van der Waals surface area contributed by atoms with E-state index in [1.165, 1.54) is 0 Å². The van der Waals surface area contributed by atoms with Crippen molar-refractivity contribution in [3.63, 3.8) is 0 Å². The Bertz CT molecular complexity index is 376. The lowest BCUT2D eigenvalue weighted by Crippen LogP contribution is -2.34. The van der Waals surface area contributed by atoms with Crippen molar-refractivity contribution < 1.29 is 9.84 Å². The zero-order valence-corrected chi connectivity index (χ0v) is 11.8. The van der Waals surface area contributed by atoms with Gasteiger partial charge in [0, 0.05) is 12.2 Å². The summed E-state index contributed by atoms with van der Waals surface area (Å²) in [7, 11) is 1.88. The van der Waals surface area contributed by atoms with Gasteiger partial charge < -0.3 is 15.2 Å². The Labute approximate surface area is 109 Å². The van der Waals surface area contributed by atoms with Gasteiger partial charge in [0.25, 0.3) is 0 Å². The minimum atomic E-state index is -0.748. The molecule has 2 N–H and O–H groups in total. The molecule has 0 aliphatic rings. The van der Waals surface area contributed by atoms with E-state index in [2.05, 4.69) is 10.3 Å². The van der Waals surface area contributed by atoms with Crippen molar-refractivity contribution in [2.45, 2.75) is 45.8 Å². The first-order valence-electron chi connectivity index (χ1n) is 6.51. The fourth-order valence-corrected chi connectivity index (χ4v) is 1.69. The first kappa shape index (κ1) is 14.9. The largest absolute Gasteiger partial charge is 0.489 e. The third-order valence-corrected chi connectivity index (χ3v) is 3.23. The third kappa shape index (κ3) is 3.96. The Kier molecular flexibility index (Phi) is 5.56. The van der Waals surface area contributed by atoms with Crippen LogP contribution in [0.3, 0.4) is 0 Å². The summed E-state index contributed by atoms with van der Waals surface area (Å²) in [5.41, 5.74) is 1.10. The number of aryl methyl sites for hydroxylation is 1. The maximum absolute atomic E-state index is 10.2. The predicted octanol–water partition coefficient (Wildman–Crippen LogP) is 2.04. The lowest BCUT2D eigenvalue weighted by molar-refractivity contribution is -0.0117. The molecular weight excluding hydrogens is 228 g/mol. The van der Waals surface area contributed by atoms with Crippen molar-refractivity contribution in [3.8, 4) is 5.75 Å². The van der Waals surface area contributed by atoms with Crippen LogP contribution in [0.4, 0.5) is 0 Å². The standard InChI is InChI=1S/C14H24N2O2/c1-5-14(17,6-2)10-18-13-8-7-11(3)16-12(13)9-15-4/h7-8,15,17H,5-6,9-10H2,1-4H3. The molecule has 0 radical (unpaired) electrons. The second-order valence-corrected chi connectivity index (χ2v) is 4.65. The number of hydrogen-bond acceptors (Lipinski definition) is 4. The minimum absolute atomic E-state index is 0.307. The van der Waals surface area contributed by atoms with Gasteiger partial charge in [-0.2, -0.15) is 0 Å². The number of hydrogen-bond donors (Lipinski definition) is 2. The highest BCUT2D eigenvalue weighted by molar-refractivity contribution is 5.29. The Morgan fingerprint density at radius 3 is 2.56 bits per heavy atom. The molecule has 1 heterocycles. The highest BCUT2D eigenvalue weighted by atomic mass is 16.5. The molecule has 0 atom stereocenters. The summed E-state index contributed by atoms with van der Waals surface area (Å²) in [5.74, 6) is 0.746. The molecule has 0 fully saturated rings. The van der Waals surface area contributed by atoms with Crippen LogP contribution in [0, 0.1) is 6.92 Å². The molecule has 1 rings (SSSR count). The van der Waals surface area contributed by atoms with Crippen molar-refractivity contribution in [2.75, 3.05) is 13.7 Å². The van der Waals surface area contributed by atoms with Gasteiger partial charge in [-0.05, 0) is 38.9 Å². The first-order valence-corrected chi connectivity index (χ1v) is 6.51. The fourth-order valence-electron chi connectivity index (χ4n) is 1.69. The number of pyridine rings is 1. The van der Waals surface area contributed by atoms with E-state index in [0.29, 0.717) is 26.0 Å². The van der Waals surface area contributed by atoms with Gasteiger partial charge in [0.1, 0.15) is 12.4 Å². The Balaban J connectivity index is 2.77. The number of nitrogens with one attached hydrogen (secondary N) is 1. The van der Waals surface area contributed by atoms with E-state index >= 15 is 0 Å². The average Bonchev–Trinajstić information content (AvgIpc) is 2.38. The fraction of sp³-hybridized carbons (Fsp3) is 0.643. The molecule has 18 heavy (non-hydrogen) atoms. The van der Waals surface area contributed by atoms with Gasteiger partial charge in [0.05, 0.1) is 11.3 Å². The minimum Gasteiger partial charge on any atom is -0.489 e. The molecule has 1 aromatic heterocycles. The van der Waals surface area contributed by atoms with E-state index < -0.39 is 5.60 Å². The summed E-state index contributed by atoms with van der Waals surface area (Å²) in [6.45, 7) is 6.86. The van der Waals surface area contributed by atoms with Crippen LogP contribution in [0.1, 0.15) is 38.1 Å². The Hall–Kier alpha value is -1.13. The maximum atomic E-state index is 10.2. The van der Waals surface area contributed by atoms with Crippen LogP contribution in [-0.2, 0) is 6.54 Å².